The van der Waals surface area contributed by atoms with Crippen LogP contribution in [-0.4, -0.2) is 46.9 Å². The lowest BCUT2D eigenvalue weighted by molar-refractivity contribution is -0.145. The number of nitrogens with one attached hydrogen (secondary N) is 3. The molecule has 152 valence electrons. The summed E-state index contributed by atoms with van der Waals surface area (Å²) in [6, 6.07) is 4.07. The molecule has 2 saturated carbocycles. The summed E-state index contributed by atoms with van der Waals surface area (Å²) in [5, 5.41) is 14.1. The molecule has 0 bridgehead atoms. The Bertz CT molecular complexity index is 778. The van der Waals surface area contributed by atoms with Gasteiger partial charge in [0.25, 0.3) is 0 Å². The van der Waals surface area contributed by atoms with E-state index >= 15 is 0 Å². The fourth-order valence-electron chi connectivity index (χ4n) is 4.68. The number of aromatic amines is 1. The second-order valence-corrected chi connectivity index (χ2v) is 7.68. The van der Waals surface area contributed by atoms with E-state index < -0.39 is 0 Å². The van der Waals surface area contributed by atoms with Gasteiger partial charge in [-0.2, -0.15) is 0 Å². The Labute approximate surface area is 165 Å². The molecule has 2 heterocycles. The highest BCUT2D eigenvalue weighted by molar-refractivity contribution is 5.80. The monoisotopic (exact) mass is 386 g/mol. The highest BCUT2D eigenvalue weighted by Gasteiger charge is 2.55. The van der Waals surface area contributed by atoms with Crippen molar-refractivity contribution in [3.05, 3.63) is 24.2 Å². The van der Waals surface area contributed by atoms with Crippen LogP contribution in [0.1, 0.15) is 51.3 Å². The molecule has 2 aliphatic carbocycles. The number of guanidine groups is 1. The van der Waals surface area contributed by atoms with Crippen LogP contribution in [0.15, 0.2) is 27.8 Å². The zero-order chi connectivity index (χ0) is 19.4. The van der Waals surface area contributed by atoms with E-state index in [1.165, 1.54) is 32.1 Å². The van der Waals surface area contributed by atoms with Gasteiger partial charge >= 0.3 is 0 Å². The van der Waals surface area contributed by atoms with Crippen LogP contribution in [0.25, 0.3) is 11.6 Å². The van der Waals surface area contributed by atoms with Crippen molar-refractivity contribution in [1.29, 1.82) is 0 Å². The van der Waals surface area contributed by atoms with E-state index in [1.807, 2.05) is 12.1 Å². The summed E-state index contributed by atoms with van der Waals surface area (Å²) in [5.41, 5.74) is 0.255. The molecule has 2 aromatic rings. The summed E-state index contributed by atoms with van der Waals surface area (Å²) < 4.78 is 11.4. The van der Waals surface area contributed by atoms with E-state index in [9.17, 15) is 0 Å². The largest absolute Gasteiger partial charge is 0.461 e. The number of furan rings is 1. The first kappa shape index (κ1) is 19.0. The van der Waals surface area contributed by atoms with E-state index in [0.29, 0.717) is 30.3 Å². The lowest BCUT2D eigenvalue weighted by Gasteiger charge is -2.57. The molecular formula is C20H30N6O2. The summed E-state index contributed by atoms with van der Waals surface area (Å²) in [7, 11) is 1.80. The molecule has 2 aliphatic rings. The Morgan fingerprint density at radius 2 is 2.25 bits per heavy atom. The number of H-pyrrole nitrogens is 1. The van der Waals surface area contributed by atoms with Gasteiger partial charge in [0.1, 0.15) is 5.82 Å². The molecule has 0 aliphatic heterocycles. The van der Waals surface area contributed by atoms with Crippen molar-refractivity contribution in [3.63, 3.8) is 0 Å². The number of hydrogen-bond acceptors (Lipinski definition) is 5. The molecule has 0 aromatic carbocycles. The van der Waals surface area contributed by atoms with Gasteiger partial charge in [0.15, 0.2) is 11.7 Å². The van der Waals surface area contributed by atoms with Gasteiger partial charge in [-0.3, -0.25) is 10.1 Å². The third-order valence-corrected chi connectivity index (χ3v) is 6.17. The third kappa shape index (κ3) is 3.65. The van der Waals surface area contributed by atoms with E-state index in [-0.39, 0.29) is 5.41 Å². The van der Waals surface area contributed by atoms with Crippen molar-refractivity contribution in [2.75, 3.05) is 13.7 Å². The first-order valence-corrected chi connectivity index (χ1v) is 10.3. The normalized spacial score (nSPS) is 24.1. The minimum absolute atomic E-state index is 0.255. The summed E-state index contributed by atoms with van der Waals surface area (Å²) in [6.07, 6.45) is 9.43. The van der Waals surface area contributed by atoms with Crippen LogP contribution >= 0.6 is 0 Å². The lowest BCUT2D eigenvalue weighted by atomic mass is 9.55. The molecule has 1 spiro atoms. The summed E-state index contributed by atoms with van der Waals surface area (Å²) in [4.78, 5) is 8.87. The van der Waals surface area contributed by atoms with Crippen LogP contribution in [-0.2, 0) is 11.3 Å². The van der Waals surface area contributed by atoms with Gasteiger partial charge in [0, 0.05) is 25.1 Å². The fourth-order valence-corrected chi connectivity index (χ4v) is 4.68. The Morgan fingerprint density at radius 3 is 2.96 bits per heavy atom. The van der Waals surface area contributed by atoms with Crippen molar-refractivity contribution in [3.8, 4) is 11.6 Å². The smallest absolute Gasteiger partial charge is 0.216 e. The number of aliphatic imine (C=N–C) groups is 1. The van der Waals surface area contributed by atoms with Crippen molar-refractivity contribution in [1.82, 2.24) is 25.8 Å². The number of nitrogens with zero attached hydrogens (tertiary/aromatic N) is 3. The van der Waals surface area contributed by atoms with Crippen LogP contribution in [0, 0.1) is 5.41 Å². The van der Waals surface area contributed by atoms with Gasteiger partial charge in [-0.15, -0.1) is 5.10 Å². The minimum Gasteiger partial charge on any atom is -0.461 e. The number of aromatic nitrogens is 3. The molecule has 2 unspecified atom stereocenters. The predicted octanol–water partition coefficient (Wildman–Crippen LogP) is 2.86. The van der Waals surface area contributed by atoms with Gasteiger partial charge in [-0.1, -0.05) is 19.3 Å². The second kappa shape index (κ2) is 8.34. The van der Waals surface area contributed by atoms with E-state index in [2.05, 4.69) is 37.7 Å². The van der Waals surface area contributed by atoms with Gasteiger partial charge < -0.3 is 19.8 Å². The standard InChI is InChI=1S/C20H30N6O2/c1-3-27-16-12-15(20(16)9-5-4-6-10-20)23-19(21-2)22-13-17-24-18(26-25-17)14-8-7-11-28-14/h7-8,11,15-16H,3-6,9-10,12-13H2,1-2H3,(H2,21,22,23)(H,24,25,26). The van der Waals surface area contributed by atoms with E-state index in [1.54, 1.807) is 13.3 Å². The maximum atomic E-state index is 6.05. The molecule has 8 nitrogen and oxygen atoms in total. The molecule has 2 atom stereocenters. The van der Waals surface area contributed by atoms with E-state index in [0.717, 1.165) is 24.8 Å². The molecule has 0 amide bonds. The Morgan fingerprint density at radius 1 is 1.39 bits per heavy atom. The first-order valence-electron chi connectivity index (χ1n) is 10.3. The summed E-state index contributed by atoms with van der Waals surface area (Å²) in [5.74, 6) is 2.74. The maximum absolute atomic E-state index is 6.05. The quantitative estimate of drug-likeness (QED) is 0.521. The second-order valence-electron chi connectivity index (χ2n) is 7.68. The molecule has 2 fully saturated rings. The number of hydrogen-bond donors (Lipinski definition) is 3. The Balaban J connectivity index is 1.35. The van der Waals surface area contributed by atoms with Gasteiger partial charge in [0.05, 0.1) is 18.9 Å². The SMILES string of the molecule is CCOC1CC(NC(=NC)NCc2nc(-c3ccco3)n[nH]2)C12CCCCC2. The molecule has 28 heavy (non-hydrogen) atoms. The number of rotatable bonds is 6. The first-order chi connectivity index (χ1) is 13.7. The molecule has 2 aromatic heterocycles. The molecule has 8 heteroatoms. The summed E-state index contributed by atoms with van der Waals surface area (Å²) >= 11 is 0. The van der Waals surface area contributed by atoms with Crippen LogP contribution in [0.5, 0.6) is 0 Å². The topological polar surface area (TPSA) is 100 Å². The highest BCUT2D eigenvalue weighted by Crippen LogP contribution is 2.53. The van der Waals surface area contributed by atoms with Crippen molar-refractivity contribution in [2.24, 2.45) is 10.4 Å². The van der Waals surface area contributed by atoms with Crippen LogP contribution in [0.4, 0.5) is 0 Å². The average molecular weight is 387 g/mol. The van der Waals surface area contributed by atoms with Gasteiger partial charge in [0.2, 0.25) is 5.82 Å². The number of ether oxygens (including phenoxy) is 1. The highest BCUT2D eigenvalue weighted by atomic mass is 16.5. The van der Waals surface area contributed by atoms with E-state index in [4.69, 9.17) is 9.15 Å². The summed E-state index contributed by atoms with van der Waals surface area (Å²) in [6.45, 7) is 3.39. The third-order valence-electron chi connectivity index (χ3n) is 6.17. The molecule has 0 saturated heterocycles. The lowest BCUT2D eigenvalue weighted by Crippen LogP contribution is -2.66. The molecule has 3 N–H and O–H groups in total. The average Bonchev–Trinajstić information content (AvgIpc) is 3.42. The predicted molar refractivity (Wildman–Crippen MR) is 107 cm³/mol. The Hall–Kier alpha value is -2.35. The molecule has 0 radical (unpaired) electrons. The van der Waals surface area contributed by atoms with Crippen molar-refractivity contribution >= 4 is 5.96 Å². The Kier molecular flexibility index (Phi) is 5.66. The van der Waals surface area contributed by atoms with Crippen molar-refractivity contribution in [2.45, 2.75) is 64.1 Å². The maximum Gasteiger partial charge on any atom is 0.216 e. The fraction of sp³-hybridized carbons (Fsp3) is 0.650. The minimum atomic E-state index is 0.255. The molecule has 4 rings (SSSR count). The molecular weight excluding hydrogens is 356 g/mol. The van der Waals surface area contributed by atoms with Gasteiger partial charge in [-0.25, -0.2) is 4.98 Å². The van der Waals surface area contributed by atoms with Gasteiger partial charge in [-0.05, 0) is 38.3 Å². The zero-order valence-electron chi connectivity index (χ0n) is 16.7. The van der Waals surface area contributed by atoms with Crippen LogP contribution in [0.3, 0.4) is 0 Å². The van der Waals surface area contributed by atoms with Crippen LogP contribution in [0.2, 0.25) is 0 Å². The zero-order valence-corrected chi connectivity index (χ0v) is 16.7. The van der Waals surface area contributed by atoms with Crippen molar-refractivity contribution < 1.29 is 9.15 Å². The van der Waals surface area contributed by atoms with Crippen LogP contribution < -0.4 is 10.6 Å².